The van der Waals surface area contributed by atoms with Crippen LogP contribution in [0.4, 0.5) is 0 Å². The second-order valence-corrected chi connectivity index (χ2v) is 6.82. The first kappa shape index (κ1) is 13.9. The number of rotatable bonds is 3. The highest BCUT2D eigenvalue weighted by Gasteiger charge is 2.21. The van der Waals surface area contributed by atoms with E-state index in [9.17, 15) is 4.79 Å². The molecular formula is C15H14INO2S. The second kappa shape index (κ2) is 6.13. The van der Waals surface area contributed by atoms with Crippen molar-refractivity contribution in [1.29, 1.82) is 0 Å². The molecule has 0 saturated heterocycles. The van der Waals surface area contributed by atoms with E-state index in [0.717, 1.165) is 22.3 Å². The third-order valence-electron chi connectivity index (χ3n) is 3.35. The maximum absolute atomic E-state index is 12.2. The van der Waals surface area contributed by atoms with E-state index in [1.807, 2.05) is 29.2 Å². The van der Waals surface area contributed by atoms with E-state index in [1.165, 1.54) is 10.4 Å². The van der Waals surface area contributed by atoms with Crippen molar-refractivity contribution in [3.8, 4) is 5.75 Å². The summed E-state index contributed by atoms with van der Waals surface area (Å²) < 4.78 is 6.65. The lowest BCUT2D eigenvalue weighted by Gasteiger charge is -2.27. The molecule has 2 aromatic rings. The van der Waals surface area contributed by atoms with Crippen LogP contribution in [0.3, 0.4) is 0 Å². The molecule has 0 N–H and O–H groups in total. The topological polar surface area (TPSA) is 29.5 Å². The molecule has 2 heterocycles. The molecule has 1 amide bonds. The maximum Gasteiger partial charge on any atom is 0.260 e. The Morgan fingerprint density at radius 1 is 1.35 bits per heavy atom. The highest BCUT2D eigenvalue weighted by molar-refractivity contribution is 14.1. The van der Waals surface area contributed by atoms with Gasteiger partial charge in [0.15, 0.2) is 6.61 Å². The quantitative estimate of drug-likeness (QED) is 0.742. The summed E-state index contributed by atoms with van der Waals surface area (Å²) in [5.74, 6) is 0.830. The Labute approximate surface area is 135 Å². The van der Waals surface area contributed by atoms with E-state index >= 15 is 0 Å². The molecule has 0 radical (unpaired) electrons. The molecule has 3 rings (SSSR count). The maximum atomic E-state index is 12.2. The lowest BCUT2D eigenvalue weighted by atomic mass is 10.1. The number of hydrogen-bond acceptors (Lipinski definition) is 3. The molecular weight excluding hydrogens is 385 g/mol. The first-order chi connectivity index (χ1) is 9.74. The number of benzene rings is 1. The van der Waals surface area contributed by atoms with Gasteiger partial charge in [0.1, 0.15) is 5.75 Å². The summed E-state index contributed by atoms with van der Waals surface area (Å²) in [6.07, 6.45) is 0.960. The van der Waals surface area contributed by atoms with Crippen molar-refractivity contribution in [3.05, 3.63) is 49.7 Å². The van der Waals surface area contributed by atoms with Gasteiger partial charge in [0.2, 0.25) is 0 Å². The number of ether oxygens (including phenoxy) is 1. The number of amides is 1. The highest BCUT2D eigenvalue weighted by atomic mass is 127. The van der Waals surface area contributed by atoms with Crippen molar-refractivity contribution in [3.63, 3.8) is 0 Å². The SMILES string of the molecule is O=C(COc1ccccc1I)N1CCc2sccc2C1. The van der Waals surface area contributed by atoms with Crippen LogP contribution in [0.2, 0.25) is 0 Å². The van der Waals surface area contributed by atoms with E-state index in [1.54, 1.807) is 11.3 Å². The van der Waals surface area contributed by atoms with Gasteiger partial charge in [-0.1, -0.05) is 12.1 Å². The number of halogens is 1. The molecule has 5 heteroatoms. The van der Waals surface area contributed by atoms with Crippen LogP contribution in [-0.4, -0.2) is 24.0 Å². The highest BCUT2D eigenvalue weighted by Crippen LogP contribution is 2.24. The van der Waals surface area contributed by atoms with Crippen LogP contribution < -0.4 is 4.74 Å². The molecule has 1 aromatic carbocycles. The van der Waals surface area contributed by atoms with E-state index in [2.05, 4.69) is 34.0 Å². The summed E-state index contributed by atoms with van der Waals surface area (Å²) in [6, 6.07) is 9.85. The summed E-state index contributed by atoms with van der Waals surface area (Å²) in [7, 11) is 0. The summed E-state index contributed by atoms with van der Waals surface area (Å²) in [6.45, 7) is 1.62. The number of thiophene rings is 1. The Bertz CT molecular complexity index is 626. The molecule has 1 aromatic heterocycles. The van der Waals surface area contributed by atoms with Gasteiger partial charge in [-0.3, -0.25) is 4.79 Å². The molecule has 0 fully saturated rings. The number of nitrogens with zero attached hydrogens (tertiary/aromatic N) is 1. The fourth-order valence-corrected chi connectivity index (χ4v) is 3.69. The number of carbonyl (C=O) groups is 1. The predicted molar refractivity (Wildman–Crippen MR) is 88.1 cm³/mol. The average molecular weight is 399 g/mol. The molecule has 1 aliphatic rings. The number of carbonyl (C=O) groups excluding carboxylic acids is 1. The smallest absolute Gasteiger partial charge is 0.260 e. The van der Waals surface area contributed by atoms with E-state index in [0.29, 0.717) is 6.54 Å². The number of para-hydroxylation sites is 1. The van der Waals surface area contributed by atoms with Gasteiger partial charge in [-0.15, -0.1) is 11.3 Å². The van der Waals surface area contributed by atoms with Crippen molar-refractivity contribution < 1.29 is 9.53 Å². The van der Waals surface area contributed by atoms with E-state index in [-0.39, 0.29) is 12.5 Å². The van der Waals surface area contributed by atoms with Gasteiger partial charge >= 0.3 is 0 Å². The molecule has 3 nitrogen and oxygen atoms in total. The lowest BCUT2D eigenvalue weighted by molar-refractivity contribution is -0.134. The molecule has 0 spiro atoms. The zero-order valence-electron chi connectivity index (χ0n) is 10.8. The first-order valence-corrected chi connectivity index (χ1v) is 8.40. The molecule has 0 unspecified atom stereocenters. The molecule has 0 atom stereocenters. The molecule has 1 aliphatic heterocycles. The van der Waals surface area contributed by atoms with Crippen LogP contribution >= 0.6 is 33.9 Å². The predicted octanol–water partition coefficient (Wildman–Crippen LogP) is 3.32. The minimum absolute atomic E-state index is 0.0569. The zero-order chi connectivity index (χ0) is 13.9. The minimum Gasteiger partial charge on any atom is -0.483 e. The van der Waals surface area contributed by atoms with Crippen molar-refractivity contribution in [2.45, 2.75) is 13.0 Å². The van der Waals surface area contributed by atoms with Gasteiger partial charge < -0.3 is 9.64 Å². The average Bonchev–Trinajstić information content (AvgIpc) is 2.93. The molecule has 104 valence electrons. The van der Waals surface area contributed by atoms with Gasteiger partial charge in [0.25, 0.3) is 5.91 Å². The van der Waals surface area contributed by atoms with E-state index < -0.39 is 0 Å². The van der Waals surface area contributed by atoms with Crippen LogP contribution in [-0.2, 0) is 17.8 Å². The van der Waals surface area contributed by atoms with Crippen LogP contribution in [0.15, 0.2) is 35.7 Å². The van der Waals surface area contributed by atoms with Crippen molar-refractivity contribution >= 4 is 39.8 Å². The van der Waals surface area contributed by atoms with Gasteiger partial charge in [0, 0.05) is 18.0 Å². The molecule has 0 bridgehead atoms. The molecule has 0 saturated carbocycles. The van der Waals surface area contributed by atoms with Crippen molar-refractivity contribution in [1.82, 2.24) is 4.90 Å². The van der Waals surface area contributed by atoms with Crippen molar-refractivity contribution in [2.75, 3.05) is 13.2 Å². The standard InChI is InChI=1S/C15H14INO2S/c16-12-3-1-2-4-13(12)19-10-15(18)17-7-5-14-11(9-17)6-8-20-14/h1-4,6,8H,5,7,9-10H2. The van der Waals surface area contributed by atoms with Crippen LogP contribution in [0.25, 0.3) is 0 Å². The number of hydrogen-bond donors (Lipinski definition) is 0. The van der Waals surface area contributed by atoms with Crippen LogP contribution in [0.1, 0.15) is 10.4 Å². The zero-order valence-corrected chi connectivity index (χ0v) is 13.8. The lowest BCUT2D eigenvalue weighted by Crippen LogP contribution is -2.38. The third-order valence-corrected chi connectivity index (χ3v) is 5.26. The fraction of sp³-hybridized carbons (Fsp3) is 0.267. The first-order valence-electron chi connectivity index (χ1n) is 6.44. The largest absolute Gasteiger partial charge is 0.483 e. The summed E-state index contributed by atoms with van der Waals surface area (Å²) >= 11 is 3.99. The third kappa shape index (κ3) is 2.98. The Kier molecular flexibility index (Phi) is 4.26. The number of fused-ring (bicyclic) bond motifs is 1. The Hall–Kier alpha value is -1.08. The minimum atomic E-state index is 0.0569. The second-order valence-electron chi connectivity index (χ2n) is 4.65. The summed E-state index contributed by atoms with van der Waals surface area (Å²) in [4.78, 5) is 15.5. The summed E-state index contributed by atoms with van der Waals surface area (Å²) in [5, 5.41) is 2.10. The van der Waals surface area contributed by atoms with Crippen molar-refractivity contribution in [2.24, 2.45) is 0 Å². The van der Waals surface area contributed by atoms with Crippen LogP contribution in [0, 0.1) is 3.57 Å². The van der Waals surface area contributed by atoms with Gasteiger partial charge in [-0.2, -0.15) is 0 Å². The Morgan fingerprint density at radius 2 is 2.20 bits per heavy atom. The Morgan fingerprint density at radius 3 is 3.05 bits per heavy atom. The fourth-order valence-electron chi connectivity index (χ4n) is 2.25. The molecule has 0 aliphatic carbocycles. The Balaban J connectivity index is 1.59. The van der Waals surface area contributed by atoms with Gasteiger partial charge in [-0.05, 0) is 58.2 Å². The monoisotopic (exact) mass is 399 g/mol. The van der Waals surface area contributed by atoms with Gasteiger partial charge in [-0.25, -0.2) is 0 Å². The van der Waals surface area contributed by atoms with E-state index in [4.69, 9.17) is 4.74 Å². The summed E-state index contributed by atoms with van der Waals surface area (Å²) in [5.41, 5.74) is 1.28. The van der Waals surface area contributed by atoms with Gasteiger partial charge in [0.05, 0.1) is 3.57 Å². The van der Waals surface area contributed by atoms with Crippen LogP contribution in [0.5, 0.6) is 5.75 Å². The normalized spacial score (nSPS) is 13.9. The molecule has 20 heavy (non-hydrogen) atoms.